The third-order valence-electron chi connectivity index (χ3n) is 4.81. The summed E-state index contributed by atoms with van der Waals surface area (Å²) in [5.41, 5.74) is 3.38. The first-order chi connectivity index (χ1) is 11.2. The number of ether oxygens (including phenoxy) is 1. The molecule has 0 bridgehead atoms. The molecule has 23 heavy (non-hydrogen) atoms. The molecule has 1 aromatic heterocycles. The minimum absolute atomic E-state index is 0.0725. The number of nitrogens with zero attached hydrogens (tertiary/aromatic N) is 2. The van der Waals surface area contributed by atoms with E-state index >= 15 is 0 Å². The van der Waals surface area contributed by atoms with E-state index in [4.69, 9.17) is 4.74 Å². The summed E-state index contributed by atoms with van der Waals surface area (Å²) in [6.07, 6.45) is 5.81. The topological polar surface area (TPSA) is 56.2 Å². The third-order valence-corrected chi connectivity index (χ3v) is 4.81. The van der Waals surface area contributed by atoms with Gasteiger partial charge in [-0.3, -0.25) is 9.48 Å². The third kappa shape index (κ3) is 2.50. The summed E-state index contributed by atoms with van der Waals surface area (Å²) in [6.45, 7) is 0.396. The van der Waals surface area contributed by atoms with Crippen LogP contribution >= 0.6 is 0 Å². The Hall–Kier alpha value is -2.30. The normalized spacial score (nSPS) is 17.1. The summed E-state index contributed by atoms with van der Waals surface area (Å²) in [5.74, 6) is 0.777. The number of rotatable bonds is 2. The lowest BCUT2D eigenvalue weighted by Gasteiger charge is -2.23. The van der Waals surface area contributed by atoms with Gasteiger partial charge in [-0.25, -0.2) is 0 Å². The van der Waals surface area contributed by atoms with Gasteiger partial charge >= 0.3 is 0 Å². The summed E-state index contributed by atoms with van der Waals surface area (Å²) < 4.78 is 7.61. The summed E-state index contributed by atoms with van der Waals surface area (Å²) in [7, 11) is 1.89. The van der Waals surface area contributed by atoms with Gasteiger partial charge in [0.05, 0.1) is 5.69 Å². The van der Waals surface area contributed by atoms with Crippen molar-refractivity contribution in [3.05, 3.63) is 35.5 Å². The van der Waals surface area contributed by atoms with E-state index < -0.39 is 0 Å². The van der Waals surface area contributed by atoms with Crippen LogP contribution in [0.4, 0.5) is 0 Å². The Morgan fingerprint density at radius 2 is 2.04 bits per heavy atom. The van der Waals surface area contributed by atoms with Gasteiger partial charge in [0.15, 0.2) is 5.69 Å². The Balaban J connectivity index is 1.65. The van der Waals surface area contributed by atoms with E-state index in [9.17, 15) is 4.79 Å². The predicted octanol–water partition coefficient (Wildman–Crippen LogP) is 3.04. The Morgan fingerprint density at radius 1 is 1.26 bits per heavy atom. The minimum atomic E-state index is -0.0725. The van der Waals surface area contributed by atoms with E-state index in [1.807, 2.05) is 31.3 Å². The van der Waals surface area contributed by atoms with Crippen LogP contribution in [0.15, 0.2) is 24.3 Å². The number of carbonyl (C=O) groups is 1. The molecule has 1 fully saturated rings. The molecule has 5 heteroatoms. The standard InChI is InChI=1S/C18H21N3O2/c1-21-17-13-9-5-6-10-15(13)23-11-14(17)16(20-21)18(22)19-12-7-3-2-4-8-12/h5-6,9-10,12H,2-4,7-8,11H2,1H3,(H,19,22). The number of benzene rings is 1. The van der Waals surface area contributed by atoms with Crippen LogP contribution in [-0.4, -0.2) is 21.7 Å². The molecule has 0 radical (unpaired) electrons. The van der Waals surface area contributed by atoms with Crippen LogP contribution in [0.2, 0.25) is 0 Å². The number of para-hydroxylation sites is 1. The highest BCUT2D eigenvalue weighted by Crippen LogP contribution is 2.38. The summed E-state index contributed by atoms with van der Waals surface area (Å²) in [6, 6.07) is 8.18. The second-order valence-electron chi connectivity index (χ2n) is 6.39. The molecule has 2 aliphatic rings. The van der Waals surface area contributed by atoms with Crippen LogP contribution in [0.3, 0.4) is 0 Å². The monoisotopic (exact) mass is 311 g/mol. The first-order valence-corrected chi connectivity index (χ1v) is 8.33. The minimum Gasteiger partial charge on any atom is -0.488 e. The maximum absolute atomic E-state index is 12.7. The molecule has 4 rings (SSSR count). The van der Waals surface area contributed by atoms with Gasteiger partial charge in [-0.15, -0.1) is 0 Å². The maximum Gasteiger partial charge on any atom is 0.272 e. The first-order valence-electron chi connectivity index (χ1n) is 8.33. The molecule has 1 aromatic carbocycles. The van der Waals surface area contributed by atoms with Crippen molar-refractivity contribution in [2.24, 2.45) is 7.05 Å². The van der Waals surface area contributed by atoms with Crippen molar-refractivity contribution in [3.63, 3.8) is 0 Å². The molecule has 0 spiro atoms. The summed E-state index contributed by atoms with van der Waals surface area (Å²) in [4.78, 5) is 12.7. The maximum atomic E-state index is 12.7. The van der Waals surface area contributed by atoms with Gasteiger partial charge < -0.3 is 10.1 Å². The van der Waals surface area contributed by atoms with Gasteiger partial charge in [0, 0.05) is 24.2 Å². The van der Waals surface area contributed by atoms with E-state index in [2.05, 4.69) is 10.4 Å². The van der Waals surface area contributed by atoms with Crippen molar-refractivity contribution in [2.75, 3.05) is 0 Å². The number of aryl methyl sites for hydroxylation is 1. The quantitative estimate of drug-likeness (QED) is 0.927. The highest BCUT2D eigenvalue weighted by atomic mass is 16.5. The molecule has 1 amide bonds. The molecule has 0 unspecified atom stereocenters. The Labute approximate surface area is 135 Å². The SMILES string of the molecule is Cn1nc(C(=O)NC2CCCCC2)c2c1-c1ccccc1OC2. The molecule has 5 nitrogen and oxygen atoms in total. The van der Waals surface area contributed by atoms with Crippen molar-refractivity contribution in [3.8, 4) is 17.0 Å². The van der Waals surface area contributed by atoms with Gasteiger partial charge in [-0.1, -0.05) is 31.4 Å². The van der Waals surface area contributed by atoms with E-state index in [1.165, 1.54) is 19.3 Å². The Morgan fingerprint density at radius 3 is 2.87 bits per heavy atom. The van der Waals surface area contributed by atoms with Crippen LogP contribution in [0, 0.1) is 0 Å². The molecule has 0 atom stereocenters. The van der Waals surface area contributed by atoms with Crippen LogP contribution in [0.1, 0.15) is 48.2 Å². The van der Waals surface area contributed by atoms with Crippen molar-refractivity contribution < 1.29 is 9.53 Å². The summed E-state index contributed by atoms with van der Waals surface area (Å²) >= 11 is 0. The molecule has 2 heterocycles. The molecule has 1 aliphatic heterocycles. The average Bonchev–Trinajstić information content (AvgIpc) is 2.93. The van der Waals surface area contributed by atoms with E-state index in [0.717, 1.165) is 35.4 Å². The molecule has 0 saturated heterocycles. The number of aromatic nitrogens is 2. The number of hydrogen-bond acceptors (Lipinski definition) is 3. The van der Waals surface area contributed by atoms with Crippen LogP contribution < -0.4 is 10.1 Å². The second kappa shape index (κ2) is 5.72. The van der Waals surface area contributed by atoms with Crippen LogP contribution in [0.5, 0.6) is 5.75 Å². The zero-order valence-electron chi connectivity index (χ0n) is 13.3. The zero-order chi connectivity index (χ0) is 15.8. The highest BCUT2D eigenvalue weighted by Gasteiger charge is 2.29. The number of carbonyl (C=O) groups excluding carboxylic acids is 1. The fourth-order valence-corrected chi connectivity index (χ4v) is 3.66. The van der Waals surface area contributed by atoms with Crippen molar-refractivity contribution >= 4 is 5.91 Å². The van der Waals surface area contributed by atoms with Gasteiger partial charge in [0.2, 0.25) is 0 Å². The molecular formula is C18H21N3O2. The van der Waals surface area contributed by atoms with Crippen LogP contribution in [-0.2, 0) is 13.7 Å². The Kier molecular flexibility index (Phi) is 3.56. The fourth-order valence-electron chi connectivity index (χ4n) is 3.66. The molecule has 1 N–H and O–H groups in total. The van der Waals surface area contributed by atoms with Gasteiger partial charge in [0.25, 0.3) is 5.91 Å². The van der Waals surface area contributed by atoms with Crippen molar-refractivity contribution in [1.82, 2.24) is 15.1 Å². The number of nitrogens with one attached hydrogen (secondary N) is 1. The number of fused-ring (bicyclic) bond motifs is 3. The van der Waals surface area contributed by atoms with Crippen LogP contribution in [0.25, 0.3) is 11.3 Å². The van der Waals surface area contributed by atoms with Crippen molar-refractivity contribution in [1.29, 1.82) is 0 Å². The lowest BCUT2D eigenvalue weighted by Crippen LogP contribution is -2.37. The summed E-state index contributed by atoms with van der Waals surface area (Å²) in [5, 5.41) is 7.63. The zero-order valence-corrected chi connectivity index (χ0v) is 13.3. The molecule has 1 saturated carbocycles. The van der Waals surface area contributed by atoms with E-state index in [0.29, 0.717) is 12.3 Å². The fraction of sp³-hybridized carbons (Fsp3) is 0.444. The molecule has 2 aromatic rings. The largest absolute Gasteiger partial charge is 0.488 e. The van der Waals surface area contributed by atoms with Crippen molar-refractivity contribution in [2.45, 2.75) is 44.8 Å². The molecule has 1 aliphatic carbocycles. The Bertz CT molecular complexity index is 745. The molecule has 120 valence electrons. The number of amides is 1. The highest BCUT2D eigenvalue weighted by molar-refractivity contribution is 5.96. The van der Waals surface area contributed by atoms with Gasteiger partial charge in [-0.2, -0.15) is 5.10 Å². The second-order valence-corrected chi connectivity index (χ2v) is 6.39. The van der Waals surface area contributed by atoms with E-state index in [1.54, 1.807) is 4.68 Å². The first kappa shape index (κ1) is 14.3. The average molecular weight is 311 g/mol. The molecular weight excluding hydrogens is 290 g/mol. The smallest absolute Gasteiger partial charge is 0.272 e. The van der Waals surface area contributed by atoms with Gasteiger partial charge in [-0.05, 0) is 25.0 Å². The lowest BCUT2D eigenvalue weighted by molar-refractivity contribution is 0.0919. The van der Waals surface area contributed by atoms with Gasteiger partial charge in [0.1, 0.15) is 12.4 Å². The number of hydrogen-bond donors (Lipinski definition) is 1. The lowest BCUT2D eigenvalue weighted by atomic mass is 9.95. The predicted molar refractivity (Wildman–Crippen MR) is 87.3 cm³/mol. The van der Waals surface area contributed by atoms with E-state index in [-0.39, 0.29) is 11.9 Å².